The lowest BCUT2D eigenvalue weighted by molar-refractivity contribution is -0.133. The van der Waals surface area contributed by atoms with E-state index in [-0.39, 0.29) is 23.8 Å². The first-order valence-corrected chi connectivity index (χ1v) is 10.2. The van der Waals surface area contributed by atoms with Gasteiger partial charge in [-0.05, 0) is 18.4 Å². The topological polar surface area (TPSA) is 70.2 Å². The summed E-state index contributed by atoms with van der Waals surface area (Å²) in [6.07, 6.45) is 5.89. The number of benzene rings is 1. The molecule has 154 valence electrons. The first kappa shape index (κ1) is 19.5. The first-order valence-electron chi connectivity index (χ1n) is 10.2. The average Bonchev–Trinajstić information content (AvgIpc) is 3.26. The molecule has 0 aliphatic carbocycles. The van der Waals surface area contributed by atoms with Crippen LogP contribution in [0.5, 0.6) is 0 Å². The summed E-state index contributed by atoms with van der Waals surface area (Å²) in [5, 5.41) is 0. The van der Waals surface area contributed by atoms with Crippen LogP contribution in [0.15, 0.2) is 36.4 Å². The highest BCUT2D eigenvalue weighted by molar-refractivity contribution is 5.83. The van der Waals surface area contributed by atoms with Gasteiger partial charge in [0.25, 0.3) is 0 Å². The van der Waals surface area contributed by atoms with Gasteiger partial charge in [0.15, 0.2) is 0 Å². The molecule has 0 radical (unpaired) electrons. The van der Waals surface area contributed by atoms with Crippen molar-refractivity contribution in [2.45, 2.75) is 19.3 Å². The molecule has 0 atom stereocenters. The van der Waals surface area contributed by atoms with E-state index < -0.39 is 6.09 Å². The summed E-state index contributed by atoms with van der Waals surface area (Å²) in [6.45, 7) is 3.57. The highest BCUT2D eigenvalue weighted by Gasteiger charge is 2.45. The maximum Gasteiger partial charge on any atom is 0.410 e. The molecule has 7 heteroatoms. The van der Waals surface area contributed by atoms with Gasteiger partial charge in [-0.15, -0.1) is 0 Å². The predicted molar refractivity (Wildman–Crippen MR) is 108 cm³/mol. The lowest BCUT2D eigenvalue weighted by atomic mass is 9.77. The smallest absolute Gasteiger partial charge is 0.410 e. The number of rotatable bonds is 5. The number of hydrogen-bond donors (Lipinski definition) is 0. The molecule has 0 aromatic heterocycles. The van der Waals surface area contributed by atoms with Gasteiger partial charge in [-0.2, -0.15) is 0 Å². The molecule has 0 unspecified atom stereocenters. The van der Waals surface area contributed by atoms with Crippen molar-refractivity contribution >= 4 is 24.0 Å². The molecule has 4 rings (SSSR count). The van der Waals surface area contributed by atoms with E-state index >= 15 is 0 Å². The molecule has 1 aromatic rings. The van der Waals surface area contributed by atoms with E-state index in [0.29, 0.717) is 39.2 Å². The minimum atomic E-state index is -0.410. The van der Waals surface area contributed by atoms with Gasteiger partial charge in [0.05, 0.1) is 6.54 Å². The zero-order valence-corrected chi connectivity index (χ0v) is 16.6. The molecule has 1 aromatic carbocycles. The number of likely N-dealkylation sites (tertiary alicyclic amines) is 2. The second kappa shape index (κ2) is 8.27. The lowest BCUT2D eigenvalue weighted by Crippen LogP contribution is -2.47. The minimum Gasteiger partial charge on any atom is -0.448 e. The summed E-state index contributed by atoms with van der Waals surface area (Å²) in [5.74, 6) is 0.160. The summed E-state index contributed by atoms with van der Waals surface area (Å²) in [5.41, 5.74) is 1.10. The van der Waals surface area contributed by atoms with Crippen molar-refractivity contribution in [1.29, 1.82) is 0 Å². The number of ether oxygens (including phenoxy) is 1. The second-order valence-electron chi connectivity index (χ2n) is 8.18. The molecule has 3 amide bonds. The maximum atomic E-state index is 12.5. The Kier molecular flexibility index (Phi) is 5.56. The molecule has 0 bridgehead atoms. The summed E-state index contributed by atoms with van der Waals surface area (Å²) >= 11 is 0. The highest BCUT2D eigenvalue weighted by Crippen LogP contribution is 2.41. The lowest BCUT2D eigenvalue weighted by Gasteiger charge is -2.39. The van der Waals surface area contributed by atoms with Crippen LogP contribution in [-0.2, 0) is 14.3 Å². The fourth-order valence-corrected chi connectivity index (χ4v) is 4.43. The van der Waals surface area contributed by atoms with Crippen LogP contribution in [0, 0.1) is 5.41 Å². The third-order valence-corrected chi connectivity index (χ3v) is 6.19. The SMILES string of the molecule is O=C(CN1CCOC1=O)N1CCC2(CC1)CC(=O)N(CC=Cc1ccccc1)C2. The van der Waals surface area contributed by atoms with Crippen LogP contribution in [0.25, 0.3) is 6.08 Å². The number of amides is 3. The molecule has 3 aliphatic rings. The number of carbonyl (C=O) groups excluding carboxylic acids is 3. The Hall–Kier alpha value is -2.83. The van der Waals surface area contributed by atoms with Crippen LogP contribution in [0.3, 0.4) is 0 Å². The largest absolute Gasteiger partial charge is 0.448 e. The van der Waals surface area contributed by atoms with Crippen molar-refractivity contribution in [3.05, 3.63) is 42.0 Å². The van der Waals surface area contributed by atoms with Gasteiger partial charge in [-0.25, -0.2) is 4.79 Å². The summed E-state index contributed by atoms with van der Waals surface area (Å²) in [6, 6.07) is 10.1. The van der Waals surface area contributed by atoms with Gasteiger partial charge in [-0.3, -0.25) is 14.5 Å². The second-order valence-corrected chi connectivity index (χ2v) is 8.18. The van der Waals surface area contributed by atoms with E-state index in [9.17, 15) is 14.4 Å². The molecule has 0 saturated carbocycles. The Balaban J connectivity index is 1.27. The van der Waals surface area contributed by atoms with Crippen LogP contribution in [0.4, 0.5) is 4.79 Å². The van der Waals surface area contributed by atoms with E-state index in [1.807, 2.05) is 52.3 Å². The van der Waals surface area contributed by atoms with Gasteiger partial charge >= 0.3 is 6.09 Å². The van der Waals surface area contributed by atoms with Crippen molar-refractivity contribution in [2.75, 3.05) is 45.9 Å². The fraction of sp³-hybridized carbons (Fsp3) is 0.500. The van der Waals surface area contributed by atoms with Crippen molar-refractivity contribution in [1.82, 2.24) is 14.7 Å². The highest BCUT2D eigenvalue weighted by atomic mass is 16.6. The van der Waals surface area contributed by atoms with Crippen LogP contribution in [0.2, 0.25) is 0 Å². The molecule has 3 fully saturated rings. The zero-order chi connectivity index (χ0) is 20.3. The predicted octanol–water partition coefficient (Wildman–Crippen LogP) is 1.99. The van der Waals surface area contributed by atoms with Gasteiger partial charge in [0.1, 0.15) is 13.2 Å². The quantitative estimate of drug-likeness (QED) is 0.762. The van der Waals surface area contributed by atoms with Crippen molar-refractivity contribution in [2.24, 2.45) is 5.41 Å². The normalized spacial score (nSPS) is 21.4. The van der Waals surface area contributed by atoms with E-state index in [1.165, 1.54) is 4.90 Å². The third kappa shape index (κ3) is 4.44. The Morgan fingerprint density at radius 2 is 1.83 bits per heavy atom. The molecular weight excluding hydrogens is 370 g/mol. The summed E-state index contributed by atoms with van der Waals surface area (Å²) in [7, 11) is 0. The molecule has 1 spiro atoms. The molecule has 29 heavy (non-hydrogen) atoms. The van der Waals surface area contributed by atoms with E-state index in [1.54, 1.807) is 0 Å². The van der Waals surface area contributed by atoms with Crippen molar-refractivity contribution in [3.8, 4) is 0 Å². The number of carbonyl (C=O) groups is 3. The summed E-state index contributed by atoms with van der Waals surface area (Å²) in [4.78, 5) is 41.8. The minimum absolute atomic E-state index is 0.0268. The number of hydrogen-bond acceptors (Lipinski definition) is 4. The zero-order valence-electron chi connectivity index (χ0n) is 16.6. The fourth-order valence-electron chi connectivity index (χ4n) is 4.43. The molecule has 3 aliphatic heterocycles. The summed E-state index contributed by atoms with van der Waals surface area (Å²) < 4.78 is 4.88. The van der Waals surface area contributed by atoms with Gasteiger partial charge in [0.2, 0.25) is 11.8 Å². The molecule has 0 N–H and O–H groups in total. The average molecular weight is 397 g/mol. The Morgan fingerprint density at radius 1 is 1.07 bits per heavy atom. The molecule has 3 heterocycles. The first-order chi connectivity index (χ1) is 14.0. The maximum absolute atomic E-state index is 12.5. The van der Waals surface area contributed by atoms with Crippen LogP contribution < -0.4 is 0 Å². The van der Waals surface area contributed by atoms with Gasteiger partial charge in [-0.1, -0.05) is 42.5 Å². The number of cyclic esters (lactones) is 1. The standard InChI is InChI=1S/C22H27N3O4/c26-19-15-22(17-25(19)10-4-7-18-5-2-1-3-6-18)8-11-23(12-9-22)20(27)16-24-13-14-29-21(24)28/h1-7H,8-17H2. The van der Waals surface area contributed by atoms with Crippen LogP contribution in [-0.4, -0.2) is 78.5 Å². The van der Waals surface area contributed by atoms with Gasteiger partial charge in [0, 0.05) is 38.0 Å². The third-order valence-electron chi connectivity index (χ3n) is 6.19. The van der Waals surface area contributed by atoms with E-state index in [0.717, 1.165) is 24.9 Å². The molecule has 3 saturated heterocycles. The van der Waals surface area contributed by atoms with E-state index in [4.69, 9.17) is 4.74 Å². The van der Waals surface area contributed by atoms with Crippen molar-refractivity contribution in [3.63, 3.8) is 0 Å². The van der Waals surface area contributed by atoms with Crippen molar-refractivity contribution < 1.29 is 19.1 Å². The molecule has 7 nitrogen and oxygen atoms in total. The molecular formula is C22H27N3O4. The Labute approximate surface area is 170 Å². The van der Waals surface area contributed by atoms with Crippen LogP contribution in [0.1, 0.15) is 24.8 Å². The van der Waals surface area contributed by atoms with Gasteiger partial charge < -0.3 is 14.5 Å². The Morgan fingerprint density at radius 3 is 2.52 bits per heavy atom. The van der Waals surface area contributed by atoms with E-state index in [2.05, 4.69) is 0 Å². The monoisotopic (exact) mass is 397 g/mol. The number of nitrogens with zero attached hydrogens (tertiary/aromatic N) is 3. The number of piperidine rings is 1. The Bertz CT molecular complexity index is 800. The van der Waals surface area contributed by atoms with Crippen LogP contribution >= 0.6 is 0 Å².